The van der Waals surface area contributed by atoms with E-state index < -0.39 is 17.2 Å². The number of piperidine rings is 1. The molecule has 1 amide bonds. The lowest BCUT2D eigenvalue weighted by atomic mass is 9.90. The van der Waals surface area contributed by atoms with Crippen molar-refractivity contribution in [3.63, 3.8) is 0 Å². The van der Waals surface area contributed by atoms with Crippen molar-refractivity contribution in [2.75, 3.05) is 38.7 Å². The molecule has 0 bridgehead atoms. The first kappa shape index (κ1) is 39.4. The van der Waals surface area contributed by atoms with E-state index in [9.17, 15) is 4.79 Å². The Morgan fingerprint density at radius 3 is 2.47 bits per heavy atom. The van der Waals surface area contributed by atoms with Gasteiger partial charge in [-0.3, -0.25) is 4.68 Å². The van der Waals surface area contributed by atoms with Gasteiger partial charge < -0.3 is 24.4 Å². The molecule has 1 saturated heterocycles. The second-order valence-corrected chi connectivity index (χ2v) is 14.6. The van der Waals surface area contributed by atoms with E-state index in [1.165, 1.54) is 7.11 Å². The summed E-state index contributed by atoms with van der Waals surface area (Å²) in [5, 5.41) is 9.45. The lowest BCUT2D eigenvalue weighted by molar-refractivity contribution is 0.0205. The Morgan fingerprint density at radius 1 is 1.13 bits per heavy atom. The molecule has 53 heavy (non-hydrogen) atoms. The number of hydrogen-bond donors (Lipinski definition) is 1. The minimum atomic E-state index is -0.754. The molecule has 5 rings (SSSR count). The number of ether oxygens (including phenoxy) is 3. The van der Waals surface area contributed by atoms with Crippen LogP contribution in [0, 0.1) is 17.6 Å². The van der Waals surface area contributed by atoms with Crippen LogP contribution in [0.1, 0.15) is 64.5 Å². The van der Waals surface area contributed by atoms with Crippen molar-refractivity contribution >= 4 is 34.4 Å². The average molecular weight is 749 g/mol. The largest absolute Gasteiger partial charge is 0.491 e. The summed E-state index contributed by atoms with van der Waals surface area (Å²) in [5.74, 6) is -0.406. The van der Waals surface area contributed by atoms with Gasteiger partial charge in [-0.05, 0) is 57.6 Å². The first-order valence-electron chi connectivity index (χ1n) is 17.7. The van der Waals surface area contributed by atoms with Crippen molar-refractivity contribution < 1.29 is 27.8 Å². The van der Waals surface area contributed by atoms with E-state index >= 15 is 8.78 Å². The second kappa shape index (κ2) is 17.3. The Bertz CT molecular complexity index is 1970. The van der Waals surface area contributed by atoms with Crippen LogP contribution in [0.2, 0.25) is 0 Å². The van der Waals surface area contributed by atoms with Crippen molar-refractivity contribution in [1.29, 1.82) is 0 Å². The van der Waals surface area contributed by atoms with Gasteiger partial charge in [0.1, 0.15) is 41.1 Å². The Morgan fingerprint density at radius 2 is 1.83 bits per heavy atom. The van der Waals surface area contributed by atoms with Gasteiger partial charge in [0.15, 0.2) is 5.82 Å². The number of carbonyl (C=O) groups is 1. The molecule has 282 valence electrons. The molecular weight excluding hydrogens is 702 g/mol. The van der Waals surface area contributed by atoms with E-state index in [2.05, 4.69) is 11.9 Å². The number of halogens is 3. The zero-order valence-electron chi connectivity index (χ0n) is 31.1. The molecule has 0 aliphatic carbocycles. The predicted molar refractivity (Wildman–Crippen MR) is 204 cm³/mol. The number of para-hydroxylation sites is 1. The third-order valence-electron chi connectivity index (χ3n) is 8.53. The van der Waals surface area contributed by atoms with Crippen molar-refractivity contribution in [3.8, 4) is 17.3 Å². The zero-order valence-corrected chi connectivity index (χ0v) is 31.8. The number of amides is 1. The number of allylic oxidation sites excluding steroid dienone is 4. The van der Waals surface area contributed by atoms with Crippen molar-refractivity contribution in [1.82, 2.24) is 24.6 Å². The SMILES string of the molecule is C=C/C=C(Nc1nc(-c2nn(Cc3c(F)cc(OCCOC)cc3F)c3ccccc23)ncc1C1CCN(C(=O)OC(C)(C)C)CC1)\C(Cl)=C/C(C)C. The molecule has 3 heterocycles. The molecule has 4 aromatic rings. The molecule has 0 radical (unpaired) electrons. The molecule has 0 atom stereocenters. The van der Waals surface area contributed by atoms with Gasteiger partial charge in [-0.2, -0.15) is 5.10 Å². The molecule has 1 aliphatic rings. The quantitative estimate of drug-likeness (QED) is 0.107. The number of nitrogens with one attached hydrogen (secondary N) is 1. The standard InChI is InChI=1S/C40H47ClF2N6O4/c1-8-11-34(31(41)20-25(2)3)45-37-29(26-14-16-48(17-15-26)39(50)53-40(4,5)6)23-44-38(46-37)36-28-12-9-10-13-35(28)49(47-36)24-30-32(42)21-27(22-33(30)43)52-19-18-51-7/h8-13,20-23,25-26H,1,14-19,24H2,2-7H3,(H,44,45,46)/b31-20+,34-11+. The van der Waals surface area contributed by atoms with Gasteiger partial charge in [0.05, 0.1) is 29.4 Å². The molecule has 0 spiro atoms. The fraction of sp³-hybridized carbons (Fsp3) is 0.400. The van der Waals surface area contributed by atoms with E-state index in [4.69, 9.17) is 40.9 Å². The molecule has 1 N–H and O–H groups in total. The van der Waals surface area contributed by atoms with E-state index in [1.807, 2.05) is 65.0 Å². The lowest BCUT2D eigenvalue weighted by Gasteiger charge is -2.34. The minimum Gasteiger partial charge on any atom is -0.491 e. The maximum Gasteiger partial charge on any atom is 0.410 e. The maximum absolute atomic E-state index is 15.3. The molecule has 0 saturated carbocycles. The van der Waals surface area contributed by atoms with Crippen LogP contribution in [0.5, 0.6) is 5.75 Å². The van der Waals surface area contributed by atoms with Crippen molar-refractivity contribution in [2.24, 2.45) is 5.92 Å². The number of hydrogen-bond acceptors (Lipinski definition) is 8. The maximum atomic E-state index is 15.3. The van der Waals surface area contributed by atoms with Crippen LogP contribution >= 0.6 is 11.6 Å². The highest BCUT2D eigenvalue weighted by Gasteiger charge is 2.30. The van der Waals surface area contributed by atoms with Crippen molar-refractivity contribution in [3.05, 3.63) is 101 Å². The predicted octanol–water partition coefficient (Wildman–Crippen LogP) is 9.22. The van der Waals surface area contributed by atoms with Crippen LogP contribution in [0.25, 0.3) is 22.4 Å². The van der Waals surface area contributed by atoms with Gasteiger partial charge in [0.25, 0.3) is 0 Å². The molecule has 1 aliphatic heterocycles. The third kappa shape index (κ3) is 10.00. The summed E-state index contributed by atoms with van der Waals surface area (Å²) in [6, 6.07) is 9.71. The number of fused-ring (bicyclic) bond motifs is 1. The Kier molecular flexibility index (Phi) is 12.9. The van der Waals surface area contributed by atoms with Crippen LogP contribution in [-0.2, 0) is 16.0 Å². The highest BCUT2D eigenvalue weighted by Crippen LogP contribution is 2.36. The fourth-order valence-electron chi connectivity index (χ4n) is 6.03. The summed E-state index contributed by atoms with van der Waals surface area (Å²) >= 11 is 6.79. The molecule has 10 nitrogen and oxygen atoms in total. The first-order chi connectivity index (χ1) is 25.3. The van der Waals surface area contributed by atoms with E-state index in [-0.39, 0.29) is 49.0 Å². The number of rotatable bonds is 13. The van der Waals surface area contributed by atoms with Gasteiger partial charge in [-0.1, -0.05) is 62.4 Å². The molecule has 2 aromatic carbocycles. The third-order valence-corrected chi connectivity index (χ3v) is 8.86. The molecule has 0 unspecified atom stereocenters. The number of anilines is 1. The number of aromatic nitrogens is 4. The van der Waals surface area contributed by atoms with Gasteiger partial charge in [-0.25, -0.2) is 23.5 Å². The zero-order chi connectivity index (χ0) is 38.3. The van der Waals surface area contributed by atoms with Gasteiger partial charge in [-0.15, -0.1) is 0 Å². The normalized spacial score (nSPS) is 14.6. The Labute approximate surface area is 314 Å². The summed E-state index contributed by atoms with van der Waals surface area (Å²) < 4.78 is 48.1. The number of likely N-dealkylation sites (tertiary alicyclic amines) is 1. The molecular formula is C40H47ClF2N6O4. The van der Waals surface area contributed by atoms with Crippen LogP contribution in [0.15, 0.2) is 78.1 Å². The molecule has 13 heteroatoms. The molecule has 1 fully saturated rings. The lowest BCUT2D eigenvalue weighted by Crippen LogP contribution is -2.41. The number of carbonyl (C=O) groups excluding carboxylic acids is 1. The minimum absolute atomic E-state index is 0.0183. The number of methoxy groups -OCH3 is 1. The van der Waals surface area contributed by atoms with Crippen LogP contribution in [-0.4, -0.2) is 69.8 Å². The van der Waals surface area contributed by atoms with Crippen LogP contribution in [0.4, 0.5) is 19.4 Å². The molecule has 2 aromatic heterocycles. The van der Waals surface area contributed by atoms with Gasteiger partial charge in [0, 0.05) is 55.0 Å². The first-order valence-corrected chi connectivity index (χ1v) is 18.0. The average Bonchev–Trinajstić information content (AvgIpc) is 3.47. The summed E-state index contributed by atoms with van der Waals surface area (Å²) in [4.78, 5) is 24.3. The van der Waals surface area contributed by atoms with Crippen LogP contribution < -0.4 is 10.1 Å². The second-order valence-electron chi connectivity index (χ2n) is 14.2. The smallest absolute Gasteiger partial charge is 0.410 e. The summed E-state index contributed by atoms with van der Waals surface area (Å²) in [6.07, 6.45) is 8.12. The van der Waals surface area contributed by atoms with E-state index in [0.29, 0.717) is 64.9 Å². The van der Waals surface area contributed by atoms with E-state index in [0.717, 1.165) is 17.7 Å². The summed E-state index contributed by atoms with van der Waals surface area (Å²) in [5.41, 5.74) is 1.78. The highest BCUT2D eigenvalue weighted by molar-refractivity contribution is 6.32. The monoisotopic (exact) mass is 748 g/mol. The van der Waals surface area contributed by atoms with Crippen molar-refractivity contribution in [2.45, 2.75) is 65.5 Å². The highest BCUT2D eigenvalue weighted by atomic mass is 35.5. The summed E-state index contributed by atoms with van der Waals surface area (Å²) in [6.45, 7) is 14.8. The van der Waals surface area contributed by atoms with Crippen LogP contribution in [0.3, 0.4) is 0 Å². The van der Waals surface area contributed by atoms with Gasteiger partial charge >= 0.3 is 6.09 Å². The Balaban J connectivity index is 1.52. The Hall–Kier alpha value is -4.81. The fourth-order valence-corrected chi connectivity index (χ4v) is 6.39. The van der Waals surface area contributed by atoms with Gasteiger partial charge in [0.2, 0.25) is 0 Å². The number of benzene rings is 2. The number of nitrogens with zero attached hydrogens (tertiary/aromatic N) is 5. The topological polar surface area (TPSA) is 104 Å². The van der Waals surface area contributed by atoms with E-state index in [1.54, 1.807) is 27.9 Å². The summed E-state index contributed by atoms with van der Waals surface area (Å²) in [7, 11) is 1.52.